The number of hydrogen-bond donors (Lipinski definition) is 1. The Morgan fingerprint density at radius 1 is 1.00 bits per heavy atom. The molecule has 4 heterocycles. The summed E-state index contributed by atoms with van der Waals surface area (Å²) in [6.45, 7) is 2.17. The van der Waals surface area contributed by atoms with Crippen molar-refractivity contribution in [3.05, 3.63) is 102 Å². The Balaban J connectivity index is 1.37. The van der Waals surface area contributed by atoms with Crippen molar-refractivity contribution in [1.82, 2.24) is 19.4 Å². The largest absolute Gasteiger partial charge is 0.477 e. The maximum Gasteiger partial charge on any atom is 0.345 e. The molecule has 0 radical (unpaired) electrons. The first-order valence-corrected chi connectivity index (χ1v) is 16.2. The summed E-state index contributed by atoms with van der Waals surface area (Å²) in [5, 5.41) is 10.8. The molecule has 10 heteroatoms. The van der Waals surface area contributed by atoms with Gasteiger partial charge in [0.2, 0.25) is 5.91 Å². The second-order valence-corrected chi connectivity index (χ2v) is 13.0. The maximum absolute atomic E-state index is 14.6. The van der Waals surface area contributed by atoms with Crippen LogP contribution in [0.25, 0.3) is 54.8 Å². The van der Waals surface area contributed by atoms with Gasteiger partial charge >= 0.3 is 5.97 Å². The fourth-order valence-electron chi connectivity index (χ4n) is 6.36. The predicted octanol–water partition coefficient (Wildman–Crippen LogP) is 6.88. The number of ether oxygens (including phenoxy) is 1. The highest BCUT2D eigenvalue weighted by Crippen LogP contribution is 2.45. The second kappa shape index (κ2) is 12.7. The van der Waals surface area contributed by atoms with E-state index in [0.717, 1.165) is 32.5 Å². The summed E-state index contributed by atoms with van der Waals surface area (Å²) in [4.78, 5) is 35.0. The highest BCUT2D eigenvalue weighted by molar-refractivity contribution is 7.21. The van der Waals surface area contributed by atoms with E-state index < -0.39 is 5.97 Å². The number of likely N-dealkylation sites (N-methyl/N-ethyl adjacent to an activating group) is 1. The van der Waals surface area contributed by atoms with E-state index in [0.29, 0.717) is 48.5 Å². The summed E-state index contributed by atoms with van der Waals surface area (Å²) < 4.78 is 23.2. The van der Waals surface area contributed by atoms with Crippen LogP contribution in [0.15, 0.2) is 91.0 Å². The van der Waals surface area contributed by atoms with Crippen molar-refractivity contribution in [2.24, 2.45) is 0 Å². The summed E-state index contributed by atoms with van der Waals surface area (Å²) in [5.74, 6) is -1.40. The number of amides is 1. The standard InChI is InChI=1S/C37H33FN4O4S/c1-40(2)20-26-21-41(16-17-46-26)33(43)22-42-31-19-32(37(44)45)47-36(31)34(23-8-4-3-5-9-23)35(42)25-13-14-29-24(18-25)12-15-30(39-29)27-10-6-7-11-28(27)38/h3-15,18-19,26H,16-17,20-22H2,1-2H3,(H,44,45). The van der Waals surface area contributed by atoms with E-state index >= 15 is 0 Å². The van der Waals surface area contributed by atoms with E-state index in [4.69, 9.17) is 9.72 Å². The van der Waals surface area contributed by atoms with Gasteiger partial charge in [0.05, 0.1) is 39.8 Å². The molecule has 6 aromatic rings. The molecule has 1 atom stereocenters. The van der Waals surface area contributed by atoms with Gasteiger partial charge in [-0.15, -0.1) is 11.3 Å². The molecule has 7 rings (SSSR count). The smallest absolute Gasteiger partial charge is 0.345 e. The number of carbonyl (C=O) groups is 2. The van der Waals surface area contributed by atoms with E-state index in [1.54, 1.807) is 24.3 Å². The van der Waals surface area contributed by atoms with Crippen molar-refractivity contribution in [2.45, 2.75) is 12.6 Å². The molecule has 1 aliphatic rings. The first-order chi connectivity index (χ1) is 22.8. The van der Waals surface area contributed by atoms with Crippen molar-refractivity contribution >= 4 is 44.3 Å². The second-order valence-electron chi connectivity index (χ2n) is 12.0. The molecule has 8 nitrogen and oxygen atoms in total. The summed E-state index contributed by atoms with van der Waals surface area (Å²) >= 11 is 1.21. The molecule has 1 unspecified atom stereocenters. The SMILES string of the molecule is CN(C)CC1CN(C(=O)Cn2c(-c3ccc4nc(-c5ccccc5F)ccc4c3)c(-c3ccccc3)c3sc(C(=O)O)cc32)CCO1. The lowest BCUT2D eigenvalue weighted by molar-refractivity contribution is -0.139. The molecule has 3 aromatic carbocycles. The summed E-state index contributed by atoms with van der Waals surface area (Å²) in [7, 11) is 3.96. The number of morpholine rings is 1. The molecule has 1 fully saturated rings. The Labute approximate surface area is 275 Å². The lowest BCUT2D eigenvalue weighted by Crippen LogP contribution is -2.49. The van der Waals surface area contributed by atoms with Gasteiger partial charge in [-0.25, -0.2) is 14.2 Å². The molecule has 3 aromatic heterocycles. The van der Waals surface area contributed by atoms with Gasteiger partial charge in [0.1, 0.15) is 17.2 Å². The highest BCUT2D eigenvalue weighted by atomic mass is 32.1. The number of carboxylic acids is 1. The number of aromatic carboxylic acids is 1. The number of benzene rings is 3. The van der Waals surface area contributed by atoms with Gasteiger partial charge < -0.3 is 24.2 Å². The average molecular weight is 649 g/mol. The van der Waals surface area contributed by atoms with Gasteiger partial charge in [-0.05, 0) is 61.6 Å². The van der Waals surface area contributed by atoms with Gasteiger partial charge in [-0.3, -0.25) is 4.79 Å². The summed E-state index contributed by atoms with van der Waals surface area (Å²) in [5.41, 5.74) is 5.85. The first-order valence-electron chi connectivity index (χ1n) is 15.4. The van der Waals surface area contributed by atoms with Crippen molar-refractivity contribution in [2.75, 3.05) is 40.3 Å². The van der Waals surface area contributed by atoms with Crippen molar-refractivity contribution in [3.63, 3.8) is 0 Å². The number of halogens is 1. The molecule has 1 saturated heterocycles. The number of thiophene rings is 1. The molecular weight excluding hydrogens is 615 g/mol. The molecule has 0 bridgehead atoms. The van der Waals surface area contributed by atoms with Crippen LogP contribution < -0.4 is 0 Å². The minimum Gasteiger partial charge on any atom is -0.477 e. The van der Waals surface area contributed by atoms with Crippen LogP contribution in [-0.4, -0.2) is 82.8 Å². The van der Waals surface area contributed by atoms with Gasteiger partial charge in [0.15, 0.2) is 0 Å². The number of pyridine rings is 1. The van der Waals surface area contributed by atoms with Crippen LogP contribution in [0, 0.1) is 5.82 Å². The Morgan fingerprint density at radius 2 is 1.79 bits per heavy atom. The Bertz CT molecular complexity index is 2120. The molecule has 1 aliphatic heterocycles. The first kappa shape index (κ1) is 30.7. The van der Waals surface area contributed by atoms with Gasteiger partial charge in [-0.1, -0.05) is 54.6 Å². The predicted molar refractivity (Wildman–Crippen MR) is 183 cm³/mol. The zero-order chi connectivity index (χ0) is 32.7. The lowest BCUT2D eigenvalue weighted by Gasteiger charge is -2.34. The Morgan fingerprint density at radius 3 is 2.55 bits per heavy atom. The van der Waals surface area contributed by atoms with Gasteiger partial charge in [-0.2, -0.15) is 0 Å². The van der Waals surface area contributed by atoms with Crippen LogP contribution >= 0.6 is 11.3 Å². The van der Waals surface area contributed by atoms with E-state index in [9.17, 15) is 19.1 Å². The van der Waals surface area contributed by atoms with Crippen molar-refractivity contribution in [1.29, 1.82) is 0 Å². The third kappa shape index (κ3) is 6.03. The molecule has 47 heavy (non-hydrogen) atoms. The zero-order valence-electron chi connectivity index (χ0n) is 26.0. The van der Waals surface area contributed by atoms with Crippen molar-refractivity contribution in [3.8, 4) is 33.6 Å². The fourth-order valence-corrected chi connectivity index (χ4v) is 7.43. The molecule has 1 amide bonds. The molecule has 1 N–H and O–H groups in total. The van der Waals surface area contributed by atoms with Crippen LogP contribution in [0.4, 0.5) is 4.39 Å². The molecule has 0 aliphatic carbocycles. The Kier molecular flexibility index (Phi) is 8.31. The normalized spacial score (nSPS) is 15.1. The minimum absolute atomic E-state index is 0.0334. The van der Waals surface area contributed by atoms with E-state index in [2.05, 4.69) is 0 Å². The number of hydrogen-bond acceptors (Lipinski definition) is 6. The minimum atomic E-state index is -1.01. The van der Waals surface area contributed by atoms with E-state index in [1.165, 1.54) is 17.4 Å². The number of carboxylic acid groups (broad SMARTS) is 1. The number of rotatable bonds is 8. The van der Waals surface area contributed by atoms with Crippen LogP contribution in [-0.2, 0) is 16.1 Å². The zero-order valence-corrected chi connectivity index (χ0v) is 26.8. The third-order valence-corrected chi connectivity index (χ3v) is 9.61. The third-order valence-electron chi connectivity index (χ3n) is 8.48. The topological polar surface area (TPSA) is 87.9 Å². The molecular formula is C37H33FN4O4S. The molecule has 0 spiro atoms. The Hall–Kier alpha value is -4.90. The van der Waals surface area contributed by atoms with Gasteiger partial charge in [0, 0.05) is 36.1 Å². The van der Waals surface area contributed by atoms with Crippen LogP contribution in [0.5, 0.6) is 0 Å². The quantitative estimate of drug-likeness (QED) is 0.194. The monoisotopic (exact) mass is 648 g/mol. The lowest BCUT2D eigenvalue weighted by atomic mass is 9.99. The number of aromatic nitrogens is 2. The van der Waals surface area contributed by atoms with Crippen molar-refractivity contribution < 1.29 is 23.8 Å². The summed E-state index contributed by atoms with van der Waals surface area (Å²) in [6, 6.07) is 27.7. The van der Waals surface area contributed by atoms with Crippen LogP contribution in [0.1, 0.15) is 9.67 Å². The number of fused-ring (bicyclic) bond motifs is 2. The van der Waals surface area contributed by atoms with Gasteiger partial charge in [0.25, 0.3) is 0 Å². The maximum atomic E-state index is 14.6. The van der Waals surface area contributed by atoms with E-state index in [1.807, 2.05) is 89.1 Å². The average Bonchev–Trinajstić information content (AvgIpc) is 3.63. The fraction of sp³-hybridized carbons (Fsp3) is 0.216. The van der Waals surface area contributed by atoms with Crippen LogP contribution in [0.3, 0.4) is 0 Å². The summed E-state index contributed by atoms with van der Waals surface area (Å²) in [6.07, 6.45) is -0.0891. The van der Waals surface area contributed by atoms with Crippen LogP contribution in [0.2, 0.25) is 0 Å². The van der Waals surface area contributed by atoms with E-state index in [-0.39, 0.29) is 29.3 Å². The molecule has 0 saturated carbocycles. The number of carbonyl (C=O) groups excluding carboxylic acids is 1. The molecule has 238 valence electrons. The number of nitrogens with zero attached hydrogens (tertiary/aromatic N) is 4. The highest BCUT2D eigenvalue weighted by Gasteiger charge is 2.29.